The Morgan fingerprint density at radius 2 is 1.26 bits per heavy atom. The van der Waals surface area contributed by atoms with Crippen molar-refractivity contribution < 1.29 is 0 Å². The van der Waals surface area contributed by atoms with E-state index in [1.807, 2.05) is 0 Å². The molecule has 1 aromatic carbocycles. The van der Waals surface area contributed by atoms with Crippen molar-refractivity contribution in [3.8, 4) is 0 Å². The lowest BCUT2D eigenvalue weighted by atomic mass is 10.2. The topological polar surface area (TPSA) is 15.3 Å². The van der Waals surface area contributed by atoms with Gasteiger partial charge in [0.15, 0.2) is 0 Å². The Morgan fingerprint density at radius 3 is 1.79 bits per heavy atom. The fourth-order valence-electron chi connectivity index (χ4n) is 1.41. The summed E-state index contributed by atoms with van der Waals surface area (Å²) in [5, 5.41) is 2.67. The number of rotatable bonds is 0. The number of fused-ring (bicyclic) bond motifs is 1. The molecule has 0 radical (unpaired) electrons. The third kappa shape index (κ3) is 2.42. The van der Waals surface area contributed by atoms with Crippen molar-refractivity contribution >= 4 is 116 Å². The van der Waals surface area contributed by atoms with Crippen LogP contribution < -0.4 is 9.74 Å². The SMILES string of the molecule is Clc1c(Cl)c(Cl)c2c(c1Cl)NC(Cl)(Cl)C(Cl)(Cl)N2Cl. The van der Waals surface area contributed by atoms with Crippen LogP contribution in [0.1, 0.15) is 0 Å². The summed E-state index contributed by atoms with van der Waals surface area (Å²) in [5.74, 6) is 0. The van der Waals surface area contributed by atoms with Crippen LogP contribution in [0.2, 0.25) is 20.1 Å². The van der Waals surface area contributed by atoms with E-state index in [1.54, 1.807) is 0 Å². The van der Waals surface area contributed by atoms with Crippen LogP contribution in [0.25, 0.3) is 0 Å². The van der Waals surface area contributed by atoms with Gasteiger partial charge in [-0.05, 0) is 0 Å². The van der Waals surface area contributed by atoms with Gasteiger partial charge in [-0.2, -0.15) is 0 Å². The number of nitrogens with one attached hydrogen (secondary N) is 1. The fourth-order valence-corrected chi connectivity index (χ4v) is 3.44. The lowest BCUT2D eigenvalue weighted by Gasteiger charge is -2.45. The van der Waals surface area contributed by atoms with Gasteiger partial charge in [-0.3, -0.25) is 0 Å². The maximum Gasteiger partial charge on any atom is 0.256 e. The highest BCUT2D eigenvalue weighted by atomic mass is 35.5. The normalized spacial score (nSPS) is 19.9. The zero-order valence-electron chi connectivity index (χ0n) is 8.35. The second kappa shape index (κ2) is 5.26. The summed E-state index contributed by atoms with van der Waals surface area (Å²) < 4.78 is -2.97. The quantitative estimate of drug-likeness (QED) is 0.153. The van der Waals surface area contributed by atoms with Crippen LogP contribution in [0.5, 0.6) is 0 Å². The first-order valence-corrected chi connectivity index (χ1v) is 7.74. The molecule has 0 aromatic heterocycles. The lowest BCUT2D eigenvalue weighted by molar-refractivity contribution is 0.724. The van der Waals surface area contributed by atoms with E-state index in [0.717, 1.165) is 4.42 Å². The largest absolute Gasteiger partial charge is 0.347 e. The molecule has 19 heavy (non-hydrogen) atoms. The van der Waals surface area contributed by atoms with Crippen molar-refractivity contribution in [1.29, 1.82) is 0 Å². The van der Waals surface area contributed by atoms with Gasteiger partial charge in [-0.25, -0.2) is 4.42 Å². The van der Waals surface area contributed by atoms with Gasteiger partial charge >= 0.3 is 0 Å². The number of alkyl halides is 4. The predicted octanol–water partition coefficient (Wildman–Crippen LogP) is 6.95. The minimum Gasteiger partial charge on any atom is -0.347 e. The molecule has 1 aliphatic rings. The standard InChI is InChI=1S/C8HCl9N2/c9-1-2(10)4(12)6-5(3(1)11)18-7(13,14)8(15,16)19(6)17/h18H. The lowest BCUT2D eigenvalue weighted by Crippen LogP contribution is -2.55. The Hall–Kier alpha value is 1.43. The maximum absolute atomic E-state index is 6.06. The molecular formula is C8HCl9N2. The van der Waals surface area contributed by atoms with Crippen molar-refractivity contribution in [3.05, 3.63) is 20.1 Å². The molecule has 0 spiro atoms. The third-order valence-corrected chi connectivity index (χ3v) is 6.76. The second-order valence-electron chi connectivity index (χ2n) is 3.50. The van der Waals surface area contributed by atoms with Gasteiger partial charge in [-0.1, -0.05) is 92.8 Å². The number of nitrogens with zero attached hydrogens (tertiary/aromatic N) is 1. The van der Waals surface area contributed by atoms with E-state index in [4.69, 9.17) is 105 Å². The van der Waals surface area contributed by atoms with Crippen LogP contribution in [0.15, 0.2) is 0 Å². The summed E-state index contributed by atoms with van der Waals surface area (Å²) in [4.78, 5) is 0. The summed E-state index contributed by atoms with van der Waals surface area (Å²) in [6.45, 7) is 0. The van der Waals surface area contributed by atoms with E-state index < -0.39 is 8.91 Å². The Labute approximate surface area is 153 Å². The molecule has 0 bridgehead atoms. The molecule has 1 aromatic rings. The molecule has 0 aliphatic carbocycles. The monoisotopic (exact) mass is 440 g/mol. The smallest absolute Gasteiger partial charge is 0.256 e. The van der Waals surface area contributed by atoms with Gasteiger partial charge in [0.1, 0.15) is 5.69 Å². The summed E-state index contributed by atoms with van der Waals surface area (Å²) in [6.07, 6.45) is 0. The van der Waals surface area contributed by atoms with E-state index in [-0.39, 0.29) is 31.5 Å². The molecule has 1 N–H and O–H groups in total. The number of anilines is 2. The Morgan fingerprint density at radius 1 is 0.789 bits per heavy atom. The average Bonchev–Trinajstić information content (AvgIpc) is 2.31. The average molecular weight is 444 g/mol. The fraction of sp³-hybridized carbons (Fsp3) is 0.250. The Bertz CT molecular complexity index is 556. The summed E-state index contributed by atoms with van der Waals surface area (Å²) in [7, 11) is 0. The zero-order chi connectivity index (χ0) is 14.7. The van der Waals surface area contributed by atoms with Crippen LogP contribution in [-0.2, 0) is 0 Å². The van der Waals surface area contributed by atoms with Crippen molar-refractivity contribution in [2.75, 3.05) is 9.74 Å². The van der Waals surface area contributed by atoms with Gasteiger partial charge in [-0.15, -0.1) is 0 Å². The van der Waals surface area contributed by atoms with Gasteiger partial charge in [0.05, 0.1) is 25.8 Å². The highest BCUT2D eigenvalue weighted by Crippen LogP contribution is 2.60. The number of halogens is 9. The zero-order valence-corrected chi connectivity index (χ0v) is 15.2. The highest BCUT2D eigenvalue weighted by molar-refractivity contribution is 6.67. The Balaban J connectivity index is 2.81. The molecule has 106 valence electrons. The first-order valence-electron chi connectivity index (χ1n) is 4.38. The molecule has 2 nitrogen and oxygen atoms in total. The first-order chi connectivity index (χ1) is 8.52. The van der Waals surface area contributed by atoms with Crippen LogP contribution in [0.4, 0.5) is 11.4 Å². The van der Waals surface area contributed by atoms with E-state index in [9.17, 15) is 0 Å². The number of benzene rings is 1. The van der Waals surface area contributed by atoms with E-state index in [1.165, 1.54) is 0 Å². The molecule has 0 saturated heterocycles. The molecule has 11 heteroatoms. The molecule has 0 amide bonds. The molecule has 0 unspecified atom stereocenters. The third-order valence-electron chi connectivity index (χ3n) is 2.34. The molecular weight excluding hydrogens is 443 g/mol. The molecule has 0 saturated carbocycles. The summed E-state index contributed by atoms with van der Waals surface area (Å²) in [5.41, 5.74) is 0.280. The van der Waals surface area contributed by atoms with Crippen molar-refractivity contribution in [1.82, 2.24) is 0 Å². The van der Waals surface area contributed by atoms with Gasteiger partial charge < -0.3 is 5.32 Å². The van der Waals surface area contributed by atoms with Gasteiger partial charge in [0.25, 0.3) is 4.46 Å². The first kappa shape index (κ1) is 16.8. The second-order valence-corrected chi connectivity index (χ2v) is 7.97. The van der Waals surface area contributed by atoms with Crippen molar-refractivity contribution in [2.24, 2.45) is 0 Å². The van der Waals surface area contributed by atoms with E-state index >= 15 is 0 Å². The number of hydrogen-bond acceptors (Lipinski definition) is 2. The van der Waals surface area contributed by atoms with Crippen LogP contribution in [0, 0.1) is 0 Å². The molecule has 0 fully saturated rings. The van der Waals surface area contributed by atoms with Gasteiger partial charge in [0, 0.05) is 11.8 Å². The van der Waals surface area contributed by atoms with Crippen LogP contribution in [0.3, 0.4) is 0 Å². The predicted molar refractivity (Wildman–Crippen MR) is 87.3 cm³/mol. The summed E-state index contributed by atoms with van der Waals surface area (Å²) in [6, 6.07) is 0. The van der Waals surface area contributed by atoms with Gasteiger partial charge in [0.2, 0.25) is 4.46 Å². The van der Waals surface area contributed by atoms with Crippen molar-refractivity contribution in [2.45, 2.75) is 8.91 Å². The van der Waals surface area contributed by atoms with Crippen LogP contribution >= 0.6 is 105 Å². The molecule has 1 aliphatic heterocycles. The molecule has 1 heterocycles. The molecule has 0 atom stereocenters. The van der Waals surface area contributed by atoms with E-state index in [2.05, 4.69) is 5.32 Å². The minimum atomic E-state index is -1.94. The molecule has 2 rings (SSSR count). The Kier molecular flexibility index (Phi) is 4.65. The number of hydrogen-bond donors (Lipinski definition) is 1. The summed E-state index contributed by atoms with van der Waals surface area (Å²) >= 11 is 54.0. The van der Waals surface area contributed by atoms with Crippen LogP contribution in [-0.4, -0.2) is 8.91 Å². The minimum absolute atomic E-state index is 0.000288. The van der Waals surface area contributed by atoms with Crippen molar-refractivity contribution in [3.63, 3.8) is 0 Å². The highest BCUT2D eigenvalue weighted by Gasteiger charge is 2.57. The van der Waals surface area contributed by atoms with E-state index in [0.29, 0.717) is 0 Å². The maximum atomic E-state index is 6.06.